The zero-order valence-corrected chi connectivity index (χ0v) is 12.0. The molecule has 0 unspecified atom stereocenters. The summed E-state index contributed by atoms with van der Waals surface area (Å²) in [5.74, 6) is -0.659. The number of carbonyl (C=O) groups is 1. The number of benzene rings is 1. The Morgan fingerprint density at radius 3 is 2.76 bits per heavy atom. The van der Waals surface area contributed by atoms with Crippen LogP contribution in [0.4, 0.5) is 17.1 Å². The molecule has 110 valence electrons. The number of carbonyl (C=O) groups excluding carboxylic acids is 1. The molecule has 0 spiro atoms. The molecule has 1 amide bonds. The topological polar surface area (TPSA) is 104 Å². The number of anilines is 2. The van der Waals surface area contributed by atoms with Crippen LogP contribution in [0.3, 0.4) is 0 Å². The Labute approximate surface area is 124 Å². The minimum atomic E-state index is -0.680. The van der Waals surface area contributed by atoms with E-state index in [0.29, 0.717) is 10.7 Å². The number of H-pyrrole nitrogens is 1. The maximum Gasteiger partial charge on any atom is 0.319 e. The van der Waals surface area contributed by atoms with Crippen LogP contribution in [0.1, 0.15) is 10.5 Å². The van der Waals surface area contributed by atoms with E-state index in [1.165, 1.54) is 0 Å². The van der Waals surface area contributed by atoms with Crippen LogP contribution < -0.4 is 10.2 Å². The highest BCUT2D eigenvalue weighted by molar-refractivity contribution is 6.33. The molecule has 0 aliphatic carbocycles. The van der Waals surface area contributed by atoms with Gasteiger partial charge in [0.1, 0.15) is 6.20 Å². The summed E-state index contributed by atoms with van der Waals surface area (Å²) in [6.45, 7) is 0. The molecule has 8 nitrogen and oxygen atoms in total. The van der Waals surface area contributed by atoms with Gasteiger partial charge in [-0.05, 0) is 18.2 Å². The number of nitrogens with one attached hydrogen (secondary N) is 2. The Morgan fingerprint density at radius 1 is 1.48 bits per heavy atom. The van der Waals surface area contributed by atoms with E-state index >= 15 is 0 Å². The van der Waals surface area contributed by atoms with E-state index in [4.69, 9.17) is 11.6 Å². The lowest BCUT2D eigenvalue weighted by Crippen LogP contribution is -2.14. The van der Waals surface area contributed by atoms with Crippen LogP contribution in [0.15, 0.2) is 24.4 Å². The molecule has 0 fully saturated rings. The van der Waals surface area contributed by atoms with Crippen molar-refractivity contribution in [3.8, 4) is 0 Å². The first kappa shape index (κ1) is 14.8. The Kier molecular flexibility index (Phi) is 4.08. The predicted octanol–water partition coefficient (Wildman–Crippen LogP) is 2.29. The minimum absolute atomic E-state index is 0.215. The number of aromatic nitrogens is 2. The van der Waals surface area contributed by atoms with Crippen molar-refractivity contribution in [2.24, 2.45) is 0 Å². The van der Waals surface area contributed by atoms with Crippen molar-refractivity contribution in [2.45, 2.75) is 0 Å². The van der Waals surface area contributed by atoms with Gasteiger partial charge in [-0.15, -0.1) is 0 Å². The molecule has 2 rings (SSSR count). The van der Waals surface area contributed by atoms with Crippen LogP contribution in [0.25, 0.3) is 0 Å². The van der Waals surface area contributed by atoms with Gasteiger partial charge in [-0.3, -0.25) is 20.0 Å². The molecular formula is C12H12ClN5O3. The smallest absolute Gasteiger partial charge is 0.319 e. The summed E-state index contributed by atoms with van der Waals surface area (Å²) in [7, 11) is 3.68. The standard InChI is InChI=1S/C12H12ClN5O3/c1-17(2)9-4-3-7(5-8(9)13)15-12(19)11-10(18(20)21)6-14-16-11/h3-6H,1-2H3,(H,14,16)(H,15,19). The second kappa shape index (κ2) is 5.80. The first-order valence-electron chi connectivity index (χ1n) is 5.86. The fourth-order valence-corrected chi connectivity index (χ4v) is 2.08. The molecule has 2 N–H and O–H groups in total. The Bertz CT molecular complexity index is 698. The second-order valence-corrected chi connectivity index (χ2v) is 4.81. The number of hydrogen-bond acceptors (Lipinski definition) is 5. The molecule has 0 aliphatic rings. The van der Waals surface area contributed by atoms with Gasteiger partial charge >= 0.3 is 5.69 Å². The van der Waals surface area contributed by atoms with E-state index in [1.54, 1.807) is 18.2 Å². The van der Waals surface area contributed by atoms with E-state index in [0.717, 1.165) is 11.9 Å². The van der Waals surface area contributed by atoms with Gasteiger partial charge in [0.05, 0.1) is 15.6 Å². The molecular weight excluding hydrogens is 298 g/mol. The van der Waals surface area contributed by atoms with Crippen LogP contribution in [-0.4, -0.2) is 35.1 Å². The zero-order valence-electron chi connectivity index (χ0n) is 11.3. The van der Waals surface area contributed by atoms with Gasteiger partial charge < -0.3 is 10.2 Å². The Morgan fingerprint density at radius 2 is 2.19 bits per heavy atom. The molecule has 9 heteroatoms. The first-order valence-corrected chi connectivity index (χ1v) is 6.24. The second-order valence-electron chi connectivity index (χ2n) is 4.40. The lowest BCUT2D eigenvalue weighted by Gasteiger charge is -2.15. The molecule has 2 aromatic rings. The SMILES string of the molecule is CN(C)c1ccc(NC(=O)c2[nH]ncc2[N+](=O)[O-])cc1Cl. The third-order valence-corrected chi connectivity index (χ3v) is 3.03. The van der Waals surface area contributed by atoms with Crippen LogP contribution in [0, 0.1) is 10.1 Å². The van der Waals surface area contributed by atoms with Crippen molar-refractivity contribution in [2.75, 3.05) is 24.3 Å². The van der Waals surface area contributed by atoms with Crippen molar-refractivity contribution in [1.82, 2.24) is 10.2 Å². The Balaban J connectivity index is 2.22. The van der Waals surface area contributed by atoms with Crippen LogP contribution in [0.5, 0.6) is 0 Å². The van der Waals surface area contributed by atoms with E-state index in [-0.39, 0.29) is 11.4 Å². The highest BCUT2D eigenvalue weighted by atomic mass is 35.5. The van der Waals surface area contributed by atoms with Crippen LogP contribution in [-0.2, 0) is 0 Å². The number of hydrogen-bond donors (Lipinski definition) is 2. The molecule has 0 aliphatic heterocycles. The monoisotopic (exact) mass is 309 g/mol. The summed E-state index contributed by atoms with van der Waals surface area (Å²) in [5, 5.41) is 19.5. The Hall–Kier alpha value is -2.61. The lowest BCUT2D eigenvalue weighted by molar-refractivity contribution is -0.385. The van der Waals surface area contributed by atoms with Gasteiger partial charge in [0.25, 0.3) is 5.91 Å². The fraction of sp³-hybridized carbons (Fsp3) is 0.167. The third-order valence-electron chi connectivity index (χ3n) is 2.73. The van der Waals surface area contributed by atoms with Gasteiger partial charge in [-0.2, -0.15) is 5.10 Å². The number of nitrogens with zero attached hydrogens (tertiary/aromatic N) is 3. The maximum atomic E-state index is 12.0. The number of nitro groups is 1. The normalized spacial score (nSPS) is 10.2. The largest absolute Gasteiger partial charge is 0.376 e. The number of rotatable bonds is 4. The maximum absolute atomic E-state index is 12.0. The summed E-state index contributed by atoms with van der Waals surface area (Å²) >= 11 is 6.09. The predicted molar refractivity (Wildman–Crippen MR) is 79.0 cm³/mol. The minimum Gasteiger partial charge on any atom is -0.376 e. The van der Waals surface area contributed by atoms with Gasteiger partial charge in [0.2, 0.25) is 5.69 Å². The van der Waals surface area contributed by atoms with Crippen molar-refractivity contribution in [3.05, 3.63) is 45.2 Å². The molecule has 0 atom stereocenters. The molecule has 1 aromatic heterocycles. The highest BCUT2D eigenvalue weighted by Crippen LogP contribution is 2.27. The van der Waals surface area contributed by atoms with Gasteiger partial charge in [-0.25, -0.2) is 0 Å². The summed E-state index contributed by atoms with van der Waals surface area (Å²) in [6, 6.07) is 4.96. The van der Waals surface area contributed by atoms with E-state index in [9.17, 15) is 14.9 Å². The molecule has 0 bridgehead atoms. The molecule has 21 heavy (non-hydrogen) atoms. The van der Waals surface area contributed by atoms with E-state index in [2.05, 4.69) is 15.5 Å². The molecule has 1 heterocycles. The van der Waals surface area contributed by atoms with Crippen molar-refractivity contribution in [3.63, 3.8) is 0 Å². The molecule has 0 saturated carbocycles. The number of amides is 1. The fourth-order valence-electron chi connectivity index (χ4n) is 1.73. The quantitative estimate of drug-likeness (QED) is 0.666. The number of aromatic amines is 1. The van der Waals surface area contributed by atoms with Crippen LogP contribution >= 0.6 is 11.6 Å². The molecule has 0 saturated heterocycles. The van der Waals surface area contributed by atoms with Gasteiger partial charge in [0, 0.05) is 19.8 Å². The zero-order chi connectivity index (χ0) is 15.6. The molecule has 1 aromatic carbocycles. The summed E-state index contributed by atoms with van der Waals surface area (Å²) in [4.78, 5) is 23.9. The summed E-state index contributed by atoms with van der Waals surface area (Å²) in [6.07, 6.45) is 0.983. The van der Waals surface area contributed by atoms with E-state index in [1.807, 2.05) is 19.0 Å². The third kappa shape index (κ3) is 3.11. The van der Waals surface area contributed by atoms with Crippen LogP contribution in [0.2, 0.25) is 5.02 Å². The van der Waals surface area contributed by atoms with Crippen molar-refractivity contribution < 1.29 is 9.72 Å². The van der Waals surface area contributed by atoms with Crippen molar-refractivity contribution in [1.29, 1.82) is 0 Å². The van der Waals surface area contributed by atoms with Gasteiger partial charge in [0.15, 0.2) is 0 Å². The average molecular weight is 310 g/mol. The highest BCUT2D eigenvalue weighted by Gasteiger charge is 2.22. The summed E-state index contributed by atoms with van der Waals surface area (Å²) in [5.41, 5.74) is 0.623. The molecule has 0 radical (unpaired) electrons. The number of halogens is 1. The summed E-state index contributed by atoms with van der Waals surface area (Å²) < 4.78 is 0. The average Bonchev–Trinajstić information content (AvgIpc) is 2.87. The van der Waals surface area contributed by atoms with E-state index < -0.39 is 10.8 Å². The van der Waals surface area contributed by atoms with Gasteiger partial charge in [-0.1, -0.05) is 11.6 Å². The lowest BCUT2D eigenvalue weighted by atomic mass is 10.2. The first-order chi connectivity index (χ1) is 9.90. The van der Waals surface area contributed by atoms with Crippen molar-refractivity contribution >= 4 is 34.6 Å².